The molecule has 284 valence electrons. The van der Waals surface area contributed by atoms with Crippen molar-refractivity contribution < 1.29 is 0 Å². The van der Waals surface area contributed by atoms with Crippen molar-refractivity contribution in [2.75, 3.05) is 25.0 Å². The van der Waals surface area contributed by atoms with E-state index in [-0.39, 0.29) is 22.2 Å². The summed E-state index contributed by atoms with van der Waals surface area (Å²) in [6.07, 6.45) is 23.5. The Morgan fingerprint density at radius 2 is 1.06 bits per heavy atom. The van der Waals surface area contributed by atoms with E-state index in [0.717, 1.165) is 13.1 Å². The molecular formula is C41H80N8. The molecular weight excluding hydrogens is 605 g/mol. The standard InChI is InChI=1S/C41H80N8/c1-12-15-18-19-20-21-22-33(48(23-16-13-2)35-26-38(4,5)46-39(6,7)27-35)25-34(30-43-37-44-31-42-32-45-37)49(24-17-14-3)36-28-40(8,9)47-41(10,11)29-36/h31-36,46-47H,12-30H2,1-11H3,(H,42,43,44,45). The topological polar surface area (TPSA) is 81.2 Å². The van der Waals surface area contributed by atoms with Gasteiger partial charge in [0, 0.05) is 52.9 Å². The lowest BCUT2D eigenvalue weighted by Crippen LogP contribution is -2.65. The summed E-state index contributed by atoms with van der Waals surface area (Å²) in [5.74, 6) is 0.693. The first-order chi connectivity index (χ1) is 23.1. The fraction of sp³-hybridized carbons (Fsp3) is 0.927. The molecule has 2 aliphatic rings. The largest absolute Gasteiger partial charge is 0.353 e. The highest BCUT2D eigenvalue weighted by Crippen LogP contribution is 2.37. The van der Waals surface area contributed by atoms with Gasteiger partial charge in [0.1, 0.15) is 12.7 Å². The van der Waals surface area contributed by atoms with Crippen LogP contribution in [0, 0.1) is 0 Å². The van der Waals surface area contributed by atoms with E-state index in [1.165, 1.54) is 109 Å². The molecule has 49 heavy (non-hydrogen) atoms. The second-order valence-electron chi connectivity index (χ2n) is 18.5. The van der Waals surface area contributed by atoms with Crippen molar-refractivity contribution in [3.63, 3.8) is 0 Å². The fourth-order valence-corrected chi connectivity index (χ4v) is 9.78. The smallest absolute Gasteiger partial charge is 0.225 e. The Morgan fingerprint density at radius 1 is 0.633 bits per heavy atom. The molecule has 0 aliphatic carbocycles. The third kappa shape index (κ3) is 14.7. The minimum atomic E-state index is 0.0976. The van der Waals surface area contributed by atoms with E-state index >= 15 is 0 Å². The van der Waals surface area contributed by atoms with Gasteiger partial charge < -0.3 is 16.0 Å². The van der Waals surface area contributed by atoms with E-state index in [2.05, 4.69) is 117 Å². The van der Waals surface area contributed by atoms with Crippen LogP contribution in [0.3, 0.4) is 0 Å². The maximum Gasteiger partial charge on any atom is 0.225 e. The summed E-state index contributed by atoms with van der Waals surface area (Å²) < 4.78 is 0. The molecule has 2 atom stereocenters. The Balaban J connectivity index is 2.03. The third-order valence-electron chi connectivity index (χ3n) is 11.2. The molecule has 8 heteroatoms. The Bertz CT molecular complexity index is 1010. The predicted molar refractivity (Wildman–Crippen MR) is 210 cm³/mol. The van der Waals surface area contributed by atoms with E-state index < -0.39 is 0 Å². The minimum Gasteiger partial charge on any atom is -0.353 e. The van der Waals surface area contributed by atoms with Crippen molar-refractivity contribution in [2.45, 2.75) is 225 Å². The van der Waals surface area contributed by atoms with E-state index in [1.807, 2.05) is 0 Å². The van der Waals surface area contributed by atoms with E-state index in [0.29, 0.717) is 30.1 Å². The number of anilines is 1. The molecule has 3 N–H and O–H groups in total. The Morgan fingerprint density at radius 3 is 1.53 bits per heavy atom. The first kappa shape index (κ1) is 42.1. The van der Waals surface area contributed by atoms with Gasteiger partial charge >= 0.3 is 0 Å². The fourth-order valence-electron chi connectivity index (χ4n) is 9.78. The zero-order valence-electron chi connectivity index (χ0n) is 34.1. The molecule has 0 aromatic carbocycles. The Hall–Kier alpha value is -1.35. The van der Waals surface area contributed by atoms with Gasteiger partial charge in [-0.2, -0.15) is 0 Å². The average molecular weight is 685 g/mol. The number of rotatable bonds is 22. The van der Waals surface area contributed by atoms with Gasteiger partial charge in [-0.1, -0.05) is 72.1 Å². The molecule has 1 aromatic rings. The van der Waals surface area contributed by atoms with Crippen LogP contribution < -0.4 is 16.0 Å². The zero-order valence-corrected chi connectivity index (χ0v) is 34.1. The maximum atomic E-state index is 4.50. The SMILES string of the molecule is CCCCCCCCC(CC(CNc1ncncn1)N(CCCC)C1CC(C)(C)NC(C)(C)C1)N(CCCC)C1CC(C)(C)NC(C)(C)C1. The highest BCUT2D eigenvalue weighted by atomic mass is 15.3. The highest BCUT2D eigenvalue weighted by molar-refractivity contribution is 5.21. The molecule has 3 rings (SSSR count). The summed E-state index contributed by atoms with van der Waals surface area (Å²) in [5, 5.41) is 11.7. The number of nitrogens with one attached hydrogen (secondary N) is 3. The first-order valence-corrected chi connectivity index (χ1v) is 20.6. The monoisotopic (exact) mass is 685 g/mol. The van der Waals surface area contributed by atoms with Crippen molar-refractivity contribution in [3.05, 3.63) is 12.7 Å². The van der Waals surface area contributed by atoms with Gasteiger partial charge in [0.15, 0.2) is 0 Å². The average Bonchev–Trinajstić information content (AvgIpc) is 2.99. The van der Waals surface area contributed by atoms with Gasteiger partial charge in [0.25, 0.3) is 0 Å². The lowest BCUT2D eigenvalue weighted by molar-refractivity contribution is 0.00396. The van der Waals surface area contributed by atoms with Crippen LogP contribution in [0.1, 0.15) is 179 Å². The van der Waals surface area contributed by atoms with Crippen LogP contribution in [0.5, 0.6) is 0 Å². The van der Waals surface area contributed by atoms with Gasteiger partial charge in [0.05, 0.1) is 0 Å². The Kier molecular flexibility index (Phi) is 16.7. The van der Waals surface area contributed by atoms with Crippen molar-refractivity contribution in [1.29, 1.82) is 0 Å². The quantitative estimate of drug-likeness (QED) is 0.105. The molecule has 0 radical (unpaired) electrons. The van der Waals surface area contributed by atoms with Gasteiger partial charge in [-0.25, -0.2) is 15.0 Å². The molecule has 3 heterocycles. The van der Waals surface area contributed by atoms with Crippen molar-refractivity contribution >= 4 is 5.95 Å². The maximum absolute atomic E-state index is 4.50. The van der Waals surface area contributed by atoms with Gasteiger partial charge in [-0.05, 0) is 120 Å². The molecule has 2 fully saturated rings. The summed E-state index contributed by atoms with van der Waals surface area (Å²) >= 11 is 0. The molecule has 0 spiro atoms. The van der Waals surface area contributed by atoms with E-state index in [9.17, 15) is 0 Å². The molecule has 2 saturated heterocycles. The molecule has 0 bridgehead atoms. The zero-order chi connectivity index (χ0) is 36.1. The minimum absolute atomic E-state index is 0.0976. The summed E-state index contributed by atoms with van der Waals surface area (Å²) in [4.78, 5) is 19.1. The predicted octanol–water partition coefficient (Wildman–Crippen LogP) is 8.98. The van der Waals surface area contributed by atoms with Crippen molar-refractivity contribution in [1.82, 2.24) is 35.4 Å². The third-order valence-corrected chi connectivity index (χ3v) is 11.2. The lowest BCUT2D eigenvalue weighted by atomic mass is 9.77. The normalized spacial score (nSPS) is 22.0. The van der Waals surface area contributed by atoms with Crippen LogP contribution in [-0.4, -0.2) is 90.7 Å². The molecule has 8 nitrogen and oxygen atoms in total. The number of piperidine rings is 2. The van der Waals surface area contributed by atoms with Crippen LogP contribution in [-0.2, 0) is 0 Å². The Labute approximate surface area is 303 Å². The van der Waals surface area contributed by atoms with E-state index in [1.54, 1.807) is 12.7 Å². The number of hydrogen-bond acceptors (Lipinski definition) is 8. The van der Waals surface area contributed by atoms with Crippen LogP contribution in [0.2, 0.25) is 0 Å². The number of nitrogens with zero attached hydrogens (tertiary/aromatic N) is 5. The van der Waals surface area contributed by atoms with Crippen molar-refractivity contribution in [3.8, 4) is 0 Å². The van der Waals surface area contributed by atoms with Crippen LogP contribution in [0.15, 0.2) is 12.7 Å². The van der Waals surface area contributed by atoms with Gasteiger partial charge in [-0.3, -0.25) is 9.80 Å². The van der Waals surface area contributed by atoms with Crippen LogP contribution >= 0.6 is 0 Å². The summed E-state index contributed by atoms with van der Waals surface area (Å²) in [5.41, 5.74) is 0.446. The van der Waals surface area contributed by atoms with Crippen LogP contribution in [0.4, 0.5) is 5.95 Å². The van der Waals surface area contributed by atoms with Gasteiger partial charge in [-0.15, -0.1) is 0 Å². The highest BCUT2D eigenvalue weighted by Gasteiger charge is 2.44. The lowest BCUT2D eigenvalue weighted by Gasteiger charge is -2.53. The molecule has 0 saturated carbocycles. The summed E-state index contributed by atoms with van der Waals surface area (Å²) in [6, 6.07) is 2.04. The molecule has 2 aliphatic heterocycles. The van der Waals surface area contributed by atoms with Gasteiger partial charge in [0.2, 0.25) is 5.95 Å². The van der Waals surface area contributed by atoms with E-state index in [4.69, 9.17) is 0 Å². The second-order valence-corrected chi connectivity index (χ2v) is 18.5. The first-order valence-electron chi connectivity index (χ1n) is 20.6. The number of aromatic nitrogens is 3. The summed E-state index contributed by atoms with van der Waals surface area (Å²) in [6.45, 7) is 29.6. The molecule has 2 unspecified atom stereocenters. The molecule has 0 amide bonds. The molecule has 1 aromatic heterocycles. The summed E-state index contributed by atoms with van der Waals surface area (Å²) in [7, 11) is 0. The number of hydrogen-bond donors (Lipinski definition) is 3. The second kappa shape index (κ2) is 19.5. The number of unbranched alkanes of at least 4 members (excludes halogenated alkanes) is 7. The van der Waals surface area contributed by atoms with Crippen molar-refractivity contribution in [2.24, 2.45) is 0 Å². The van der Waals surface area contributed by atoms with Crippen LogP contribution in [0.25, 0.3) is 0 Å².